The van der Waals surface area contributed by atoms with E-state index in [4.69, 9.17) is 9.47 Å². The molecule has 90 valence electrons. The highest BCUT2D eigenvalue weighted by molar-refractivity contribution is 7.12. The fraction of sp³-hybridized carbons (Fsp3) is 0.455. The number of ether oxygens (including phenoxy) is 2. The van der Waals surface area contributed by atoms with Gasteiger partial charge in [0.1, 0.15) is 12.2 Å². The predicted molar refractivity (Wildman–Crippen MR) is 57.8 cm³/mol. The van der Waals surface area contributed by atoms with Crippen molar-refractivity contribution in [1.29, 1.82) is 0 Å². The first-order valence-corrected chi connectivity index (χ1v) is 6.15. The Morgan fingerprint density at radius 1 is 1.53 bits per heavy atom. The Labute approximate surface area is 101 Å². The average Bonchev–Trinajstić information content (AvgIpc) is 2.96. The first-order valence-electron chi connectivity index (χ1n) is 5.27. The van der Waals surface area contributed by atoms with Crippen LogP contribution >= 0.6 is 11.3 Å². The molecule has 1 aromatic rings. The number of aliphatic hydroxyl groups excluding tert-OH is 1. The Morgan fingerprint density at radius 3 is 3.00 bits per heavy atom. The van der Waals surface area contributed by atoms with Gasteiger partial charge in [-0.2, -0.15) is 0 Å². The van der Waals surface area contributed by atoms with Crippen molar-refractivity contribution in [1.82, 2.24) is 0 Å². The van der Waals surface area contributed by atoms with E-state index in [2.05, 4.69) is 0 Å². The van der Waals surface area contributed by atoms with Gasteiger partial charge in [0.2, 0.25) is 5.78 Å². The molecule has 0 aromatic carbocycles. The van der Waals surface area contributed by atoms with Crippen LogP contribution in [0.25, 0.3) is 0 Å². The number of hydrogen-bond donors (Lipinski definition) is 1. The summed E-state index contributed by atoms with van der Waals surface area (Å²) in [6.07, 6.45) is -3.07. The van der Waals surface area contributed by atoms with E-state index in [0.29, 0.717) is 4.88 Å². The molecule has 2 fully saturated rings. The summed E-state index contributed by atoms with van der Waals surface area (Å²) in [5.41, 5.74) is 0. The second-order valence-electron chi connectivity index (χ2n) is 4.09. The number of esters is 1. The first-order chi connectivity index (χ1) is 8.16. The lowest BCUT2D eigenvalue weighted by molar-refractivity contribution is -0.145. The Morgan fingerprint density at radius 2 is 2.35 bits per heavy atom. The van der Waals surface area contributed by atoms with Crippen LogP contribution in [-0.4, -0.2) is 41.3 Å². The van der Waals surface area contributed by atoms with Gasteiger partial charge in [0, 0.05) is 0 Å². The third-order valence-corrected chi connectivity index (χ3v) is 3.88. The molecule has 2 aliphatic rings. The number of rotatable bonds is 2. The van der Waals surface area contributed by atoms with Gasteiger partial charge in [0.05, 0.1) is 11.3 Å². The molecule has 2 saturated heterocycles. The number of thiophene rings is 1. The van der Waals surface area contributed by atoms with E-state index in [1.165, 1.54) is 11.3 Å². The number of carbonyl (C=O) groups excluding carboxylic acids is 2. The molecular formula is C11H10O5S. The summed E-state index contributed by atoms with van der Waals surface area (Å²) in [5.74, 6) is -0.640. The Kier molecular flexibility index (Phi) is 2.50. The molecule has 0 aliphatic carbocycles. The van der Waals surface area contributed by atoms with Gasteiger partial charge in [-0.05, 0) is 11.4 Å². The monoisotopic (exact) mass is 254 g/mol. The third-order valence-electron chi connectivity index (χ3n) is 2.99. The molecule has 4 atom stereocenters. The fourth-order valence-electron chi connectivity index (χ4n) is 2.19. The highest BCUT2D eigenvalue weighted by Crippen LogP contribution is 2.33. The molecule has 1 N–H and O–H groups in total. The topological polar surface area (TPSA) is 72.8 Å². The molecule has 3 heterocycles. The molecule has 5 nitrogen and oxygen atoms in total. The molecule has 0 amide bonds. The van der Waals surface area contributed by atoms with Crippen LogP contribution in [0.1, 0.15) is 16.1 Å². The quantitative estimate of drug-likeness (QED) is 0.610. The highest BCUT2D eigenvalue weighted by atomic mass is 32.1. The van der Waals surface area contributed by atoms with Crippen molar-refractivity contribution >= 4 is 23.1 Å². The van der Waals surface area contributed by atoms with E-state index in [-0.39, 0.29) is 18.2 Å². The van der Waals surface area contributed by atoms with E-state index < -0.39 is 24.4 Å². The van der Waals surface area contributed by atoms with Crippen molar-refractivity contribution in [2.24, 2.45) is 0 Å². The van der Waals surface area contributed by atoms with Gasteiger partial charge in [-0.3, -0.25) is 9.59 Å². The lowest BCUT2D eigenvalue weighted by atomic mass is 10.0. The number of fused-ring (bicyclic) bond motifs is 1. The summed E-state index contributed by atoms with van der Waals surface area (Å²) in [7, 11) is 0. The van der Waals surface area contributed by atoms with Crippen molar-refractivity contribution in [2.45, 2.75) is 30.8 Å². The normalized spacial score (nSPS) is 35.7. The molecule has 3 rings (SSSR count). The van der Waals surface area contributed by atoms with Crippen LogP contribution in [0.2, 0.25) is 0 Å². The van der Waals surface area contributed by atoms with E-state index in [1.54, 1.807) is 17.5 Å². The van der Waals surface area contributed by atoms with Crippen LogP contribution in [0.15, 0.2) is 17.5 Å². The first kappa shape index (κ1) is 10.9. The lowest BCUT2D eigenvalue weighted by Gasteiger charge is -2.14. The minimum atomic E-state index is -1.07. The Hall–Kier alpha value is -1.24. The number of Topliss-reactive ketones (excluding diaryl/α,β-unsaturated/α-hetero) is 1. The van der Waals surface area contributed by atoms with Gasteiger partial charge >= 0.3 is 5.97 Å². The Bertz CT molecular complexity index is 454. The summed E-state index contributed by atoms with van der Waals surface area (Å²) in [4.78, 5) is 23.6. The smallest absolute Gasteiger partial charge is 0.309 e. The van der Waals surface area contributed by atoms with Crippen LogP contribution in [-0.2, 0) is 14.3 Å². The second kappa shape index (κ2) is 3.90. The summed E-state index contributed by atoms with van der Waals surface area (Å²) in [6, 6.07) is 3.45. The molecule has 6 heteroatoms. The lowest BCUT2D eigenvalue weighted by Crippen LogP contribution is -2.36. The minimum Gasteiger partial charge on any atom is -0.457 e. The van der Waals surface area contributed by atoms with Crippen LogP contribution < -0.4 is 0 Å². The van der Waals surface area contributed by atoms with Gasteiger partial charge in [0.15, 0.2) is 12.2 Å². The maximum absolute atomic E-state index is 12.0. The summed E-state index contributed by atoms with van der Waals surface area (Å²) < 4.78 is 10.3. The molecule has 0 unspecified atom stereocenters. The molecular weight excluding hydrogens is 244 g/mol. The molecule has 2 aliphatic heterocycles. The van der Waals surface area contributed by atoms with Crippen molar-refractivity contribution in [3.05, 3.63) is 22.4 Å². The standard InChI is InChI=1S/C11H10O5S/c12-7-4-5-10(16-7)9(14)11(15-5)8(13)6-2-1-3-17-6/h1-3,5,9-11,14H,4H2/t5-,9-,10+,11+/m1/s1. The number of hydrogen-bond acceptors (Lipinski definition) is 6. The molecule has 0 spiro atoms. The van der Waals surface area contributed by atoms with E-state index >= 15 is 0 Å². The van der Waals surface area contributed by atoms with E-state index in [0.717, 1.165) is 0 Å². The van der Waals surface area contributed by atoms with Crippen LogP contribution in [0, 0.1) is 0 Å². The maximum atomic E-state index is 12.0. The predicted octanol–water partition coefficient (Wildman–Crippen LogP) is 0.375. The molecule has 0 saturated carbocycles. The number of aliphatic hydroxyl groups is 1. The number of ketones is 1. The van der Waals surface area contributed by atoms with E-state index in [1.807, 2.05) is 0 Å². The zero-order chi connectivity index (χ0) is 12.0. The minimum absolute atomic E-state index is 0.107. The SMILES string of the molecule is O=C1C[C@H]2O[C@@H](C(=O)c3cccs3)[C@H](O)[C@H]2O1. The summed E-state index contributed by atoms with van der Waals surface area (Å²) in [5, 5.41) is 11.7. The van der Waals surface area contributed by atoms with Crippen molar-refractivity contribution < 1.29 is 24.2 Å². The van der Waals surface area contributed by atoms with Gasteiger partial charge in [-0.1, -0.05) is 6.07 Å². The van der Waals surface area contributed by atoms with Gasteiger partial charge in [-0.25, -0.2) is 0 Å². The summed E-state index contributed by atoms with van der Waals surface area (Å²) in [6.45, 7) is 0. The molecule has 0 bridgehead atoms. The van der Waals surface area contributed by atoms with Crippen LogP contribution in [0.3, 0.4) is 0 Å². The third kappa shape index (κ3) is 1.69. The van der Waals surface area contributed by atoms with Crippen LogP contribution in [0.5, 0.6) is 0 Å². The van der Waals surface area contributed by atoms with Crippen LogP contribution in [0.4, 0.5) is 0 Å². The van der Waals surface area contributed by atoms with Crippen molar-refractivity contribution in [3.63, 3.8) is 0 Å². The summed E-state index contributed by atoms with van der Waals surface area (Å²) >= 11 is 1.30. The van der Waals surface area contributed by atoms with Gasteiger partial charge < -0.3 is 14.6 Å². The fourth-order valence-corrected chi connectivity index (χ4v) is 2.88. The largest absolute Gasteiger partial charge is 0.457 e. The Balaban J connectivity index is 1.79. The zero-order valence-corrected chi connectivity index (χ0v) is 9.55. The second-order valence-corrected chi connectivity index (χ2v) is 5.03. The highest BCUT2D eigenvalue weighted by Gasteiger charge is 2.53. The van der Waals surface area contributed by atoms with Gasteiger partial charge in [-0.15, -0.1) is 11.3 Å². The average molecular weight is 254 g/mol. The number of carbonyl (C=O) groups is 2. The van der Waals surface area contributed by atoms with Crippen molar-refractivity contribution in [2.75, 3.05) is 0 Å². The van der Waals surface area contributed by atoms with Gasteiger partial charge in [0.25, 0.3) is 0 Å². The van der Waals surface area contributed by atoms with E-state index in [9.17, 15) is 14.7 Å². The molecule has 17 heavy (non-hydrogen) atoms. The zero-order valence-electron chi connectivity index (χ0n) is 8.74. The van der Waals surface area contributed by atoms with Crippen molar-refractivity contribution in [3.8, 4) is 0 Å². The molecule has 0 radical (unpaired) electrons. The molecule has 1 aromatic heterocycles. The maximum Gasteiger partial charge on any atom is 0.309 e.